The Balaban J connectivity index is 2.70. The van der Waals surface area contributed by atoms with Crippen LogP contribution in [0, 0.1) is 11.3 Å². The Hall–Kier alpha value is -2.89. The van der Waals surface area contributed by atoms with Gasteiger partial charge in [-0.05, 0) is 25.0 Å². The Bertz CT molecular complexity index is 773. The minimum Gasteiger partial charge on any atom is -0.496 e. The molecule has 0 aliphatic carbocycles. The maximum Gasteiger partial charge on any atom is 0.354 e. The fourth-order valence-electron chi connectivity index (χ4n) is 2.40. The number of carboxylic acids is 1. The zero-order valence-corrected chi connectivity index (χ0v) is 14.2. The van der Waals surface area contributed by atoms with Gasteiger partial charge in [0.2, 0.25) is 0 Å². The lowest BCUT2D eigenvalue weighted by Crippen LogP contribution is -2.27. The van der Waals surface area contributed by atoms with E-state index in [0.717, 1.165) is 5.70 Å². The summed E-state index contributed by atoms with van der Waals surface area (Å²) in [5.41, 5.74) is 2.15. The Morgan fingerprint density at radius 1 is 1.33 bits per heavy atom. The maximum atomic E-state index is 11.4. The largest absolute Gasteiger partial charge is 0.496 e. The summed E-state index contributed by atoms with van der Waals surface area (Å²) in [6, 6.07) is 7.29. The van der Waals surface area contributed by atoms with E-state index in [1.54, 1.807) is 20.1 Å². The van der Waals surface area contributed by atoms with Crippen molar-refractivity contribution in [3.8, 4) is 5.75 Å². The molecule has 126 valence electrons. The molecular weight excluding hydrogens is 306 g/mol. The molecule has 0 fully saturated rings. The monoisotopic (exact) mass is 327 g/mol. The third-order valence-electron chi connectivity index (χ3n) is 3.62. The van der Waals surface area contributed by atoms with Crippen LogP contribution in [0.15, 0.2) is 46.9 Å². The van der Waals surface area contributed by atoms with E-state index in [1.165, 1.54) is 6.08 Å². The van der Waals surface area contributed by atoms with Crippen molar-refractivity contribution in [3.63, 3.8) is 0 Å². The zero-order valence-electron chi connectivity index (χ0n) is 14.2. The predicted molar refractivity (Wildman–Crippen MR) is 94.4 cm³/mol. The van der Waals surface area contributed by atoms with E-state index in [4.69, 9.17) is 10.1 Å². The minimum atomic E-state index is -1.10. The molecule has 0 spiro atoms. The van der Waals surface area contributed by atoms with Crippen LogP contribution < -0.4 is 10.1 Å². The molecule has 3 N–H and O–H groups in total. The Kier molecular flexibility index (Phi) is 5.18. The van der Waals surface area contributed by atoms with Crippen molar-refractivity contribution in [2.75, 3.05) is 7.11 Å². The molecule has 6 heteroatoms. The molecule has 1 heterocycles. The summed E-state index contributed by atoms with van der Waals surface area (Å²) in [5.74, 6) is -0.0688. The first kappa shape index (κ1) is 17.5. The number of carboxylic acid groups (broad SMARTS) is 1. The molecule has 0 saturated carbocycles. The second kappa shape index (κ2) is 7.12. The number of hydrogen-bond donors (Lipinski definition) is 3. The number of carbonyl (C=O) groups is 1. The molecule has 0 unspecified atom stereocenters. The summed E-state index contributed by atoms with van der Waals surface area (Å²) in [7, 11) is 1.56. The van der Waals surface area contributed by atoms with Crippen LogP contribution in [0.1, 0.15) is 26.3 Å². The van der Waals surface area contributed by atoms with Crippen LogP contribution in [-0.2, 0) is 4.79 Å². The number of allylic oxidation sites excluding steroid dienone is 2. The van der Waals surface area contributed by atoms with Gasteiger partial charge in [0, 0.05) is 22.5 Å². The van der Waals surface area contributed by atoms with Crippen LogP contribution in [0.2, 0.25) is 0 Å². The van der Waals surface area contributed by atoms with Gasteiger partial charge in [-0.1, -0.05) is 32.0 Å². The molecule has 6 nitrogen and oxygen atoms in total. The molecule has 0 bridgehead atoms. The van der Waals surface area contributed by atoms with E-state index < -0.39 is 5.97 Å². The zero-order chi connectivity index (χ0) is 17.9. The van der Waals surface area contributed by atoms with Crippen LogP contribution in [0.3, 0.4) is 0 Å². The number of hydrogen-bond acceptors (Lipinski definition) is 5. The topological polar surface area (TPSA) is 94.8 Å². The Labute approximate surface area is 141 Å². The Morgan fingerprint density at radius 2 is 2.00 bits per heavy atom. The lowest BCUT2D eigenvalue weighted by molar-refractivity contribution is -0.129. The molecule has 2 rings (SSSR count). The van der Waals surface area contributed by atoms with Crippen molar-refractivity contribution >= 4 is 23.0 Å². The summed E-state index contributed by atoms with van der Waals surface area (Å²) in [6.45, 7) is 5.56. The van der Waals surface area contributed by atoms with Crippen LogP contribution in [0.25, 0.3) is 5.57 Å². The maximum absolute atomic E-state index is 11.4. The molecule has 0 radical (unpaired) electrons. The molecular formula is C18H21N3O3. The summed E-state index contributed by atoms with van der Waals surface area (Å²) in [5, 5.41) is 20.7. The molecule has 24 heavy (non-hydrogen) atoms. The number of nitrogens with zero attached hydrogens (tertiary/aromatic N) is 1. The van der Waals surface area contributed by atoms with E-state index in [1.807, 2.05) is 32.0 Å². The number of benzene rings is 1. The first-order valence-electron chi connectivity index (χ1n) is 7.59. The summed E-state index contributed by atoms with van der Waals surface area (Å²) >= 11 is 0. The average Bonchev–Trinajstić information content (AvgIpc) is 2.54. The first-order valence-corrected chi connectivity index (χ1v) is 7.59. The van der Waals surface area contributed by atoms with Gasteiger partial charge in [0.25, 0.3) is 0 Å². The Morgan fingerprint density at radius 3 is 2.54 bits per heavy atom. The quantitative estimate of drug-likeness (QED) is 0.724. The van der Waals surface area contributed by atoms with Crippen molar-refractivity contribution < 1.29 is 14.6 Å². The lowest BCUT2D eigenvalue weighted by Gasteiger charge is -2.22. The van der Waals surface area contributed by atoms with Gasteiger partial charge in [-0.15, -0.1) is 0 Å². The summed E-state index contributed by atoms with van der Waals surface area (Å²) in [6.07, 6.45) is 1.52. The third kappa shape index (κ3) is 3.53. The molecule has 0 saturated heterocycles. The summed E-state index contributed by atoms with van der Waals surface area (Å²) in [4.78, 5) is 15.6. The lowest BCUT2D eigenvalue weighted by atomic mass is 9.99. The number of aliphatic imine (C=N–C) groups is 1. The minimum absolute atomic E-state index is 0.0545. The van der Waals surface area contributed by atoms with Crippen LogP contribution in [-0.4, -0.2) is 29.6 Å². The fourth-order valence-corrected chi connectivity index (χ4v) is 2.40. The van der Waals surface area contributed by atoms with Crippen molar-refractivity contribution in [1.82, 2.24) is 5.32 Å². The van der Waals surface area contributed by atoms with E-state index in [0.29, 0.717) is 22.7 Å². The average molecular weight is 327 g/mol. The number of methoxy groups -OCH3 is 1. The third-order valence-corrected chi connectivity index (χ3v) is 3.62. The van der Waals surface area contributed by atoms with Crippen molar-refractivity contribution in [3.05, 3.63) is 47.4 Å². The molecule has 1 aliphatic rings. The molecule has 0 aromatic heterocycles. The second-order valence-electron chi connectivity index (χ2n) is 5.73. The van der Waals surface area contributed by atoms with Crippen LogP contribution >= 0.6 is 0 Å². The SMILES string of the molecule is COc1ccccc1/C(C(C)=N)=C1\N=C(C(=O)O)C=C(C(C)C)N1. The summed E-state index contributed by atoms with van der Waals surface area (Å²) < 4.78 is 5.38. The molecule has 1 aliphatic heterocycles. The first-order chi connectivity index (χ1) is 11.3. The number of ether oxygens (including phenoxy) is 1. The van der Waals surface area contributed by atoms with Crippen LogP contribution in [0.5, 0.6) is 5.75 Å². The van der Waals surface area contributed by atoms with Gasteiger partial charge in [-0.25, -0.2) is 9.79 Å². The number of aliphatic carboxylic acids is 1. The molecule has 1 aromatic rings. The van der Waals surface area contributed by atoms with E-state index in [2.05, 4.69) is 10.3 Å². The fraction of sp³-hybridized carbons (Fsp3) is 0.278. The molecule has 1 aromatic carbocycles. The number of rotatable bonds is 5. The highest BCUT2D eigenvalue weighted by atomic mass is 16.5. The van der Waals surface area contributed by atoms with E-state index >= 15 is 0 Å². The normalized spacial score (nSPS) is 16.0. The van der Waals surface area contributed by atoms with Gasteiger partial charge in [0.15, 0.2) is 5.71 Å². The standard InChI is InChI=1S/C18H21N3O3/c1-10(2)13-9-14(18(22)23)21-17(20-13)16(11(3)19)12-7-5-6-8-15(12)24-4/h5-10,19-20H,1-4H3,(H,22,23)/b17-16-,19-11?. The smallest absolute Gasteiger partial charge is 0.354 e. The highest BCUT2D eigenvalue weighted by molar-refractivity contribution is 6.41. The van der Waals surface area contributed by atoms with Gasteiger partial charge in [0.1, 0.15) is 11.6 Å². The molecule has 0 amide bonds. The predicted octanol–water partition coefficient (Wildman–Crippen LogP) is 3.07. The van der Waals surface area contributed by atoms with Gasteiger partial charge in [0.05, 0.1) is 7.11 Å². The van der Waals surface area contributed by atoms with E-state index in [-0.39, 0.29) is 17.3 Å². The van der Waals surface area contributed by atoms with Crippen molar-refractivity contribution in [2.24, 2.45) is 10.9 Å². The van der Waals surface area contributed by atoms with Gasteiger partial charge in [-0.3, -0.25) is 0 Å². The van der Waals surface area contributed by atoms with Gasteiger partial charge < -0.3 is 20.6 Å². The highest BCUT2D eigenvalue weighted by Crippen LogP contribution is 2.30. The molecule has 0 atom stereocenters. The van der Waals surface area contributed by atoms with Gasteiger partial charge >= 0.3 is 5.97 Å². The van der Waals surface area contributed by atoms with Gasteiger partial charge in [-0.2, -0.15) is 0 Å². The number of nitrogens with one attached hydrogen (secondary N) is 2. The second-order valence-corrected chi connectivity index (χ2v) is 5.73. The van der Waals surface area contributed by atoms with Crippen molar-refractivity contribution in [1.29, 1.82) is 5.41 Å². The van der Waals surface area contributed by atoms with Crippen molar-refractivity contribution in [2.45, 2.75) is 20.8 Å². The number of para-hydroxylation sites is 1. The van der Waals surface area contributed by atoms with E-state index in [9.17, 15) is 9.90 Å². The highest BCUT2D eigenvalue weighted by Gasteiger charge is 2.22. The van der Waals surface area contributed by atoms with Crippen LogP contribution in [0.4, 0.5) is 0 Å².